The van der Waals surface area contributed by atoms with E-state index in [4.69, 9.17) is 11.1 Å². The quantitative estimate of drug-likeness (QED) is 0.491. The minimum absolute atomic E-state index is 0.00580. The van der Waals surface area contributed by atoms with E-state index in [-0.39, 0.29) is 5.84 Å². The third-order valence-electron chi connectivity index (χ3n) is 3.07. The average molecular weight is 250 g/mol. The Morgan fingerprint density at radius 1 is 1.53 bits per heavy atom. The van der Waals surface area contributed by atoms with E-state index in [0.717, 1.165) is 11.1 Å². The molecule has 5 heteroatoms. The first-order valence-electron chi connectivity index (χ1n) is 5.99. The Balaban J connectivity index is 2.02. The minimum atomic E-state index is 0.00580. The van der Waals surface area contributed by atoms with E-state index < -0.39 is 0 Å². The summed E-state index contributed by atoms with van der Waals surface area (Å²) in [7, 11) is 0. The van der Waals surface area contributed by atoms with Gasteiger partial charge in [0.05, 0.1) is 0 Å². The van der Waals surface area contributed by atoms with Gasteiger partial charge in [0.15, 0.2) is 5.16 Å². The van der Waals surface area contributed by atoms with Gasteiger partial charge in [-0.1, -0.05) is 31.5 Å². The highest BCUT2D eigenvalue weighted by atomic mass is 32.2. The van der Waals surface area contributed by atoms with Crippen molar-refractivity contribution in [3.05, 3.63) is 18.0 Å². The number of hydrogen-bond donors (Lipinski definition) is 2. The number of rotatable bonds is 3. The molecule has 0 saturated heterocycles. The van der Waals surface area contributed by atoms with Crippen LogP contribution in [0, 0.1) is 11.3 Å². The standard InChI is InChI=1S/C12H18N4S/c1-8-3-2-4-9(7-8)17-12-15-6-5-10(16-12)11(13)14/h5-6,8-9H,2-4,7H2,1H3,(H3,13,14). The largest absolute Gasteiger partial charge is 0.382 e. The molecule has 2 atom stereocenters. The van der Waals surface area contributed by atoms with Gasteiger partial charge in [-0.05, 0) is 24.8 Å². The fourth-order valence-corrected chi connectivity index (χ4v) is 3.46. The molecule has 0 radical (unpaired) electrons. The first-order valence-corrected chi connectivity index (χ1v) is 6.87. The van der Waals surface area contributed by atoms with Gasteiger partial charge in [0, 0.05) is 11.4 Å². The van der Waals surface area contributed by atoms with Gasteiger partial charge in [-0.15, -0.1) is 0 Å². The van der Waals surface area contributed by atoms with Crippen LogP contribution in [-0.4, -0.2) is 21.1 Å². The highest BCUT2D eigenvalue weighted by Crippen LogP contribution is 2.34. The summed E-state index contributed by atoms with van der Waals surface area (Å²) >= 11 is 1.73. The third-order valence-corrected chi connectivity index (χ3v) is 4.24. The molecule has 1 aliphatic carbocycles. The second-order valence-electron chi connectivity index (χ2n) is 4.65. The van der Waals surface area contributed by atoms with Crippen molar-refractivity contribution in [2.24, 2.45) is 11.7 Å². The zero-order valence-electron chi connectivity index (χ0n) is 10.0. The van der Waals surface area contributed by atoms with Crippen molar-refractivity contribution in [2.75, 3.05) is 0 Å². The lowest BCUT2D eigenvalue weighted by atomic mass is 9.91. The number of thioether (sulfide) groups is 1. The van der Waals surface area contributed by atoms with Crippen LogP contribution in [0.1, 0.15) is 38.3 Å². The lowest BCUT2D eigenvalue weighted by Crippen LogP contribution is -2.17. The lowest BCUT2D eigenvalue weighted by molar-refractivity contribution is 0.394. The highest BCUT2D eigenvalue weighted by molar-refractivity contribution is 7.99. The molecule has 1 heterocycles. The number of nitrogens with one attached hydrogen (secondary N) is 1. The Morgan fingerprint density at radius 2 is 2.35 bits per heavy atom. The van der Waals surface area contributed by atoms with Crippen LogP contribution in [0.4, 0.5) is 0 Å². The normalized spacial score (nSPS) is 24.5. The van der Waals surface area contributed by atoms with E-state index in [9.17, 15) is 0 Å². The SMILES string of the molecule is CC1CCCC(Sc2nccc(C(=N)N)n2)C1. The first kappa shape index (κ1) is 12.4. The van der Waals surface area contributed by atoms with Crippen LogP contribution >= 0.6 is 11.8 Å². The molecular formula is C12H18N4S. The van der Waals surface area contributed by atoms with Gasteiger partial charge in [0.25, 0.3) is 0 Å². The van der Waals surface area contributed by atoms with E-state index in [2.05, 4.69) is 16.9 Å². The third kappa shape index (κ3) is 3.43. The zero-order chi connectivity index (χ0) is 12.3. The van der Waals surface area contributed by atoms with Crippen molar-refractivity contribution in [3.8, 4) is 0 Å². The van der Waals surface area contributed by atoms with Crippen molar-refractivity contribution in [2.45, 2.75) is 43.0 Å². The summed E-state index contributed by atoms with van der Waals surface area (Å²) in [4.78, 5) is 8.53. The highest BCUT2D eigenvalue weighted by Gasteiger charge is 2.20. The first-order chi connectivity index (χ1) is 8.15. The molecule has 1 aliphatic rings. The van der Waals surface area contributed by atoms with Crippen LogP contribution in [0.25, 0.3) is 0 Å². The molecule has 0 aliphatic heterocycles. The van der Waals surface area contributed by atoms with Gasteiger partial charge >= 0.3 is 0 Å². The van der Waals surface area contributed by atoms with Crippen LogP contribution in [0.5, 0.6) is 0 Å². The van der Waals surface area contributed by atoms with Crippen molar-refractivity contribution >= 4 is 17.6 Å². The number of nitrogens with two attached hydrogens (primary N) is 1. The molecule has 17 heavy (non-hydrogen) atoms. The Bertz CT molecular complexity index is 407. The number of hydrogen-bond acceptors (Lipinski definition) is 4. The number of amidine groups is 1. The molecular weight excluding hydrogens is 232 g/mol. The molecule has 1 fully saturated rings. The van der Waals surface area contributed by atoms with E-state index in [1.165, 1.54) is 25.7 Å². The summed E-state index contributed by atoms with van der Waals surface area (Å²) in [5, 5.41) is 8.72. The summed E-state index contributed by atoms with van der Waals surface area (Å²) in [6.07, 6.45) is 6.79. The summed E-state index contributed by atoms with van der Waals surface area (Å²) in [5.74, 6) is 0.809. The monoisotopic (exact) mass is 250 g/mol. The predicted molar refractivity (Wildman–Crippen MR) is 70.3 cm³/mol. The molecule has 0 bridgehead atoms. The molecule has 1 aromatic rings. The summed E-state index contributed by atoms with van der Waals surface area (Å²) < 4.78 is 0. The Morgan fingerprint density at radius 3 is 3.06 bits per heavy atom. The van der Waals surface area contributed by atoms with Gasteiger partial charge in [-0.25, -0.2) is 9.97 Å². The topological polar surface area (TPSA) is 75.7 Å². The molecule has 1 aromatic heterocycles. The molecule has 4 nitrogen and oxygen atoms in total. The van der Waals surface area contributed by atoms with Crippen LogP contribution in [-0.2, 0) is 0 Å². The molecule has 3 N–H and O–H groups in total. The van der Waals surface area contributed by atoms with Gasteiger partial charge in [-0.3, -0.25) is 5.41 Å². The zero-order valence-corrected chi connectivity index (χ0v) is 10.8. The summed E-state index contributed by atoms with van der Waals surface area (Å²) in [5.41, 5.74) is 5.94. The van der Waals surface area contributed by atoms with E-state index >= 15 is 0 Å². The molecule has 0 aromatic carbocycles. The van der Waals surface area contributed by atoms with Crippen LogP contribution in [0.15, 0.2) is 17.4 Å². The van der Waals surface area contributed by atoms with Crippen molar-refractivity contribution in [1.29, 1.82) is 5.41 Å². The molecule has 0 amide bonds. The van der Waals surface area contributed by atoms with Crippen molar-refractivity contribution in [1.82, 2.24) is 9.97 Å². The van der Waals surface area contributed by atoms with E-state index in [1.807, 2.05) is 0 Å². The maximum Gasteiger partial charge on any atom is 0.188 e. The van der Waals surface area contributed by atoms with Crippen molar-refractivity contribution < 1.29 is 0 Å². The fourth-order valence-electron chi connectivity index (χ4n) is 2.18. The van der Waals surface area contributed by atoms with Gasteiger partial charge in [0.1, 0.15) is 11.5 Å². The second-order valence-corrected chi connectivity index (χ2v) is 5.92. The fraction of sp³-hybridized carbons (Fsp3) is 0.583. The minimum Gasteiger partial charge on any atom is -0.382 e. The predicted octanol–water partition coefficient (Wildman–Crippen LogP) is 2.43. The molecule has 2 unspecified atom stereocenters. The summed E-state index contributed by atoms with van der Waals surface area (Å²) in [6, 6.07) is 1.68. The van der Waals surface area contributed by atoms with Gasteiger partial charge in [-0.2, -0.15) is 0 Å². The smallest absolute Gasteiger partial charge is 0.188 e. The maximum atomic E-state index is 7.36. The number of nitrogens with zero attached hydrogens (tertiary/aromatic N) is 2. The second kappa shape index (κ2) is 5.49. The van der Waals surface area contributed by atoms with E-state index in [0.29, 0.717) is 10.9 Å². The Labute approximate surface area is 106 Å². The molecule has 2 rings (SSSR count). The van der Waals surface area contributed by atoms with Crippen LogP contribution in [0.2, 0.25) is 0 Å². The number of aromatic nitrogens is 2. The Hall–Kier alpha value is -1.10. The molecule has 92 valence electrons. The van der Waals surface area contributed by atoms with Crippen LogP contribution < -0.4 is 5.73 Å². The maximum absolute atomic E-state index is 7.36. The number of nitrogen functional groups attached to an aromatic ring is 1. The Kier molecular flexibility index (Phi) is 3.99. The van der Waals surface area contributed by atoms with Gasteiger partial charge < -0.3 is 5.73 Å². The van der Waals surface area contributed by atoms with Crippen molar-refractivity contribution in [3.63, 3.8) is 0 Å². The molecule has 1 saturated carbocycles. The van der Waals surface area contributed by atoms with Gasteiger partial charge in [0.2, 0.25) is 0 Å². The van der Waals surface area contributed by atoms with E-state index in [1.54, 1.807) is 24.0 Å². The van der Waals surface area contributed by atoms with Crippen LogP contribution in [0.3, 0.4) is 0 Å². The average Bonchev–Trinajstić information content (AvgIpc) is 2.29. The lowest BCUT2D eigenvalue weighted by Gasteiger charge is -2.25. The molecule has 0 spiro atoms. The summed E-state index contributed by atoms with van der Waals surface area (Å²) in [6.45, 7) is 2.31.